The lowest BCUT2D eigenvalue weighted by atomic mass is 9.87. The van der Waals surface area contributed by atoms with E-state index in [0.29, 0.717) is 5.41 Å². The smallest absolute Gasteiger partial charge is 0.0594 e. The molecule has 0 aromatic carbocycles. The molecule has 2 heterocycles. The minimum atomic E-state index is 0.526. The van der Waals surface area contributed by atoms with Gasteiger partial charge in [-0.25, -0.2) is 0 Å². The highest BCUT2D eigenvalue weighted by Crippen LogP contribution is 2.30. The molecule has 2 aliphatic heterocycles. The van der Waals surface area contributed by atoms with Crippen LogP contribution >= 0.6 is 43.2 Å². The lowest BCUT2D eigenvalue weighted by Crippen LogP contribution is -2.37. The maximum absolute atomic E-state index is 5.34. The summed E-state index contributed by atoms with van der Waals surface area (Å²) in [7, 11) is 8.01. The molecular formula is C25H56N2O2S4. The second-order valence-electron chi connectivity index (χ2n) is 8.05. The molecule has 0 aliphatic carbocycles. The van der Waals surface area contributed by atoms with Crippen molar-refractivity contribution >= 4 is 43.2 Å². The molecule has 0 atom stereocenters. The van der Waals surface area contributed by atoms with Crippen LogP contribution < -0.4 is 0 Å². The monoisotopic (exact) mass is 544 g/mol. The zero-order chi connectivity index (χ0) is 25.2. The molecule has 0 aromatic heterocycles. The van der Waals surface area contributed by atoms with E-state index in [1.807, 2.05) is 70.9 Å². The molecule has 0 saturated carbocycles. The van der Waals surface area contributed by atoms with Crippen molar-refractivity contribution in [2.45, 2.75) is 68.2 Å². The van der Waals surface area contributed by atoms with E-state index in [-0.39, 0.29) is 0 Å². The molecule has 202 valence electrons. The van der Waals surface area contributed by atoms with Gasteiger partial charge in [0.1, 0.15) is 0 Å². The van der Waals surface area contributed by atoms with Crippen LogP contribution in [0.3, 0.4) is 0 Å². The van der Waals surface area contributed by atoms with Gasteiger partial charge in [0.2, 0.25) is 0 Å². The Morgan fingerprint density at radius 3 is 1.42 bits per heavy atom. The van der Waals surface area contributed by atoms with Crippen LogP contribution in [0.1, 0.15) is 68.2 Å². The summed E-state index contributed by atoms with van der Waals surface area (Å²) >= 11 is 0. The van der Waals surface area contributed by atoms with Crippen molar-refractivity contribution < 1.29 is 9.47 Å². The lowest BCUT2D eigenvalue weighted by Gasteiger charge is -2.26. The summed E-state index contributed by atoms with van der Waals surface area (Å²) in [4.78, 5) is 4.99. The van der Waals surface area contributed by atoms with Crippen molar-refractivity contribution in [1.82, 2.24) is 9.80 Å². The molecule has 0 bridgehead atoms. The van der Waals surface area contributed by atoms with Crippen LogP contribution in [0.5, 0.6) is 0 Å². The molecular weight excluding hydrogens is 489 g/mol. The van der Waals surface area contributed by atoms with Gasteiger partial charge in [-0.05, 0) is 11.8 Å². The first-order valence-corrected chi connectivity index (χ1v) is 18.1. The van der Waals surface area contributed by atoms with Crippen molar-refractivity contribution in [3.8, 4) is 0 Å². The number of rotatable bonds is 13. The Labute approximate surface area is 224 Å². The molecule has 2 rings (SSSR count). The predicted molar refractivity (Wildman–Crippen MR) is 161 cm³/mol. The van der Waals surface area contributed by atoms with Crippen molar-refractivity contribution in [2.75, 3.05) is 88.7 Å². The molecule has 0 unspecified atom stereocenters. The number of morpholine rings is 2. The van der Waals surface area contributed by atoms with E-state index >= 15 is 0 Å². The van der Waals surface area contributed by atoms with Gasteiger partial charge in [0.25, 0.3) is 0 Å². The van der Waals surface area contributed by atoms with Crippen LogP contribution in [0.15, 0.2) is 0 Å². The number of ether oxygens (including phenoxy) is 2. The predicted octanol–water partition coefficient (Wildman–Crippen LogP) is 7.30. The van der Waals surface area contributed by atoms with E-state index < -0.39 is 0 Å². The van der Waals surface area contributed by atoms with Gasteiger partial charge in [0, 0.05) is 62.3 Å². The summed E-state index contributed by atoms with van der Waals surface area (Å²) in [6.45, 7) is 27.8. The average Bonchev–Trinajstić information content (AvgIpc) is 2.88. The third-order valence-electron chi connectivity index (χ3n) is 5.29. The second-order valence-corrected chi connectivity index (χ2v) is 13.6. The zero-order valence-corrected chi connectivity index (χ0v) is 26.4. The first kappa shape index (κ1) is 36.4. The van der Waals surface area contributed by atoms with Crippen LogP contribution in [0.4, 0.5) is 0 Å². The van der Waals surface area contributed by atoms with Gasteiger partial charge in [-0.3, -0.25) is 9.80 Å². The maximum atomic E-state index is 5.34. The van der Waals surface area contributed by atoms with E-state index in [1.54, 1.807) is 0 Å². The van der Waals surface area contributed by atoms with Crippen LogP contribution in [0.25, 0.3) is 0 Å². The molecule has 0 aromatic rings. The Kier molecular flexibility index (Phi) is 30.7. The summed E-state index contributed by atoms with van der Waals surface area (Å²) in [5.74, 6) is 5.00. The zero-order valence-electron chi connectivity index (χ0n) is 23.2. The molecule has 0 amide bonds. The lowest BCUT2D eigenvalue weighted by molar-refractivity contribution is 0.0409. The fraction of sp³-hybridized carbons (Fsp3) is 1.00. The summed E-state index contributed by atoms with van der Waals surface area (Å²) in [5.41, 5.74) is 0.526. The van der Waals surface area contributed by atoms with E-state index in [1.165, 1.54) is 48.9 Å². The molecule has 4 nitrogen and oxygen atoms in total. The summed E-state index contributed by atoms with van der Waals surface area (Å²) in [6, 6.07) is 0. The van der Waals surface area contributed by atoms with E-state index in [0.717, 1.165) is 52.6 Å². The SMILES string of the molecule is CC.CC.CCC(C)(C)CCSSCCN1CCOCC1.CCSSCCN1CCOCC1. The van der Waals surface area contributed by atoms with E-state index in [2.05, 4.69) is 37.5 Å². The van der Waals surface area contributed by atoms with E-state index in [4.69, 9.17) is 9.47 Å². The fourth-order valence-electron chi connectivity index (χ4n) is 2.74. The van der Waals surface area contributed by atoms with Crippen LogP contribution in [0, 0.1) is 5.41 Å². The topological polar surface area (TPSA) is 24.9 Å². The van der Waals surface area contributed by atoms with Crippen molar-refractivity contribution in [1.29, 1.82) is 0 Å². The van der Waals surface area contributed by atoms with Gasteiger partial charge in [0.05, 0.1) is 26.4 Å². The Bertz CT molecular complexity index is 368. The minimum Gasteiger partial charge on any atom is -0.379 e. The first-order chi connectivity index (χ1) is 16.1. The standard InChI is InChI=1S/C13H27NOS2.C8H17NOS2.2C2H6/c1-4-13(2,3)5-11-16-17-12-8-14-6-9-15-10-7-14;1-2-11-12-8-5-9-3-6-10-7-4-9;2*1-2/h4-12H2,1-3H3;2-8H2,1H3;2*1-2H3. The maximum Gasteiger partial charge on any atom is 0.0594 e. The normalized spacial score (nSPS) is 17.1. The fourth-order valence-corrected chi connectivity index (χ4v) is 6.82. The molecule has 8 heteroatoms. The quantitative estimate of drug-likeness (QED) is 0.176. The van der Waals surface area contributed by atoms with Gasteiger partial charge in [-0.1, -0.05) is 105 Å². The third kappa shape index (κ3) is 24.7. The Morgan fingerprint density at radius 1 is 0.636 bits per heavy atom. The van der Waals surface area contributed by atoms with Crippen molar-refractivity contribution in [3.63, 3.8) is 0 Å². The molecule has 0 radical (unpaired) electrons. The average molecular weight is 545 g/mol. The van der Waals surface area contributed by atoms with Crippen molar-refractivity contribution in [2.24, 2.45) is 5.41 Å². The number of hydrogen-bond donors (Lipinski definition) is 0. The Hall–Kier alpha value is 1.24. The van der Waals surface area contributed by atoms with Gasteiger partial charge in [-0.15, -0.1) is 0 Å². The molecule has 0 N–H and O–H groups in total. The molecule has 33 heavy (non-hydrogen) atoms. The van der Waals surface area contributed by atoms with Crippen LogP contribution in [-0.4, -0.2) is 98.5 Å². The second kappa shape index (κ2) is 27.8. The molecule has 2 saturated heterocycles. The largest absolute Gasteiger partial charge is 0.379 e. The summed E-state index contributed by atoms with van der Waals surface area (Å²) in [6.07, 6.45) is 2.62. The Balaban J connectivity index is 0. The Morgan fingerprint density at radius 2 is 1.03 bits per heavy atom. The van der Waals surface area contributed by atoms with E-state index in [9.17, 15) is 0 Å². The van der Waals surface area contributed by atoms with Crippen LogP contribution in [0.2, 0.25) is 0 Å². The first-order valence-electron chi connectivity index (χ1n) is 13.2. The van der Waals surface area contributed by atoms with Crippen molar-refractivity contribution in [3.05, 3.63) is 0 Å². The molecule has 2 fully saturated rings. The highest BCUT2D eigenvalue weighted by atomic mass is 33.1. The van der Waals surface area contributed by atoms with Gasteiger partial charge in [-0.2, -0.15) is 0 Å². The van der Waals surface area contributed by atoms with Gasteiger partial charge in [0.15, 0.2) is 0 Å². The summed E-state index contributed by atoms with van der Waals surface area (Å²) in [5, 5.41) is 0. The van der Waals surface area contributed by atoms with Gasteiger partial charge < -0.3 is 9.47 Å². The molecule has 0 spiro atoms. The summed E-state index contributed by atoms with van der Waals surface area (Å²) < 4.78 is 10.6. The highest BCUT2D eigenvalue weighted by Gasteiger charge is 2.14. The third-order valence-corrected chi connectivity index (χ3v) is 10.1. The number of hydrogen-bond acceptors (Lipinski definition) is 8. The minimum absolute atomic E-state index is 0.526. The van der Waals surface area contributed by atoms with Crippen LogP contribution in [-0.2, 0) is 9.47 Å². The molecule has 2 aliphatic rings. The van der Waals surface area contributed by atoms with Gasteiger partial charge >= 0.3 is 0 Å². The number of nitrogens with zero attached hydrogens (tertiary/aromatic N) is 2. The highest BCUT2D eigenvalue weighted by molar-refractivity contribution is 8.77.